The van der Waals surface area contributed by atoms with E-state index in [9.17, 15) is 0 Å². The van der Waals surface area contributed by atoms with Crippen LogP contribution in [-0.4, -0.2) is 4.98 Å². The molecule has 4 atom stereocenters. The van der Waals surface area contributed by atoms with Crippen molar-refractivity contribution in [2.24, 2.45) is 17.8 Å². The number of hydrogen-bond acceptors (Lipinski definition) is 1. The number of fused-ring (bicyclic) bond motifs is 9. The number of nitrogens with zero attached hydrogens (tertiary/aromatic N) is 1. The van der Waals surface area contributed by atoms with Crippen LogP contribution in [-0.2, 0) is 10.8 Å². The van der Waals surface area contributed by atoms with Gasteiger partial charge in [-0.1, -0.05) is 206 Å². The number of pyridine rings is 1. The number of rotatable bonds is 5. The summed E-state index contributed by atoms with van der Waals surface area (Å²) in [5.41, 5.74) is 15.6. The lowest BCUT2D eigenvalue weighted by Gasteiger charge is -2.59. The molecule has 7 aromatic rings. The predicted molar refractivity (Wildman–Crippen MR) is 231 cm³/mol. The highest BCUT2D eigenvalue weighted by atomic mass is 14.7. The smallest absolute Gasteiger partial charge is 0.0715 e. The average molecular weight is 716 g/mol. The Morgan fingerprint density at radius 2 is 1.04 bits per heavy atom. The Bertz CT molecular complexity index is 2630. The summed E-state index contributed by atoms with van der Waals surface area (Å²) in [5.74, 6) is 0.468. The van der Waals surface area contributed by atoms with Gasteiger partial charge in [0.05, 0.1) is 16.8 Å². The van der Waals surface area contributed by atoms with Crippen LogP contribution >= 0.6 is 0 Å². The molecule has 0 saturated heterocycles. The van der Waals surface area contributed by atoms with Crippen molar-refractivity contribution in [2.45, 2.75) is 17.3 Å². The van der Waals surface area contributed by atoms with Crippen LogP contribution in [0.1, 0.15) is 39.9 Å². The van der Waals surface area contributed by atoms with Crippen molar-refractivity contribution in [3.63, 3.8) is 0 Å². The SMILES string of the molecule is C1=CCC(C2(c3ccccc3)c3ccccc3C3(c4ccccc4-c4ccccc43)C3C=C(c4cc(-c5ccccc5)cc(-c5ccccc5)n4)C=CC32)C=C1. The largest absolute Gasteiger partial charge is 0.248 e. The molecule has 0 bridgehead atoms. The lowest BCUT2D eigenvalue weighted by Crippen LogP contribution is -2.56. The van der Waals surface area contributed by atoms with Crippen molar-refractivity contribution < 1.29 is 0 Å². The first kappa shape index (κ1) is 32.8. The van der Waals surface area contributed by atoms with E-state index in [2.05, 4.69) is 218 Å². The minimum absolute atomic E-state index is 0.0732. The molecular weight excluding hydrogens is 675 g/mol. The molecule has 11 rings (SSSR count). The van der Waals surface area contributed by atoms with E-state index in [1.54, 1.807) is 0 Å². The molecule has 0 fully saturated rings. The van der Waals surface area contributed by atoms with Gasteiger partial charge in [0.15, 0.2) is 0 Å². The fourth-order valence-electron chi connectivity index (χ4n) is 11.0. The molecule has 0 N–H and O–H groups in total. The third-order valence-corrected chi connectivity index (χ3v) is 13.2. The lowest BCUT2D eigenvalue weighted by atomic mass is 9.42. The van der Waals surface area contributed by atoms with Crippen LogP contribution in [0.4, 0.5) is 0 Å². The van der Waals surface area contributed by atoms with Crippen molar-refractivity contribution in [1.29, 1.82) is 0 Å². The Morgan fingerprint density at radius 1 is 0.464 bits per heavy atom. The van der Waals surface area contributed by atoms with Gasteiger partial charge in [0.1, 0.15) is 0 Å². The minimum Gasteiger partial charge on any atom is -0.248 e. The Morgan fingerprint density at radius 3 is 1.70 bits per heavy atom. The van der Waals surface area contributed by atoms with Crippen molar-refractivity contribution in [2.75, 3.05) is 0 Å². The minimum atomic E-state index is -0.420. The normalized spacial score (nSPS) is 22.1. The van der Waals surface area contributed by atoms with Crippen LogP contribution in [0, 0.1) is 17.8 Å². The highest BCUT2D eigenvalue weighted by Gasteiger charge is 2.63. The summed E-state index contributed by atoms with van der Waals surface area (Å²) in [5, 5.41) is 0. The second-order valence-corrected chi connectivity index (χ2v) is 15.7. The summed E-state index contributed by atoms with van der Waals surface area (Å²) in [7, 11) is 0. The number of allylic oxidation sites excluding steroid dienone is 8. The summed E-state index contributed by atoms with van der Waals surface area (Å²) < 4.78 is 0. The molecule has 0 aliphatic heterocycles. The molecule has 1 spiro atoms. The molecule has 1 nitrogen and oxygen atoms in total. The van der Waals surface area contributed by atoms with Gasteiger partial charge in [-0.3, -0.25) is 0 Å². The maximum absolute atomic E-state index is 5.48. The van der Waals surface area contributed by atoms with Crippen molar-refractivity contribution >= 4 is 5.57 Å². The first-order valence-corrected chi connectivity index (χ1v) is 20.0. The van der Waals surface area contributed by atoms with Crippen molar-refractivity contribution in [3.05, 3.63) is 252 Å². The molecule has 4 aliphatic rings. The van der Waals surface area contributed by atoms with E-state index in [0.717, 1.165) is 23.4 Å². The van der Waals surface area contributed by atoms with Gasteiger partial charge < -0.3 is 0 Å². The molecule has 0 amide bonds. The molecule has 266 valence electrons. The zero-order valence-corrected chi connectivity index (χ0v) is 31.2. The second-order valence-electron chi connectivity index (χ2n) is 15.7. The van der Waals surface area contributed by atoms with Crippen LogP contribution in [0.15, 0.2) is 218 Å². The van der Waals surface area contributed by atoms with E-state index >= 15 is 0 Å². The first-order valence-electron chi connectivity index (χ1n) is 20.0. The first-order chi connectivity index (χ1) is 27.8. The zero-order valence-electron chi connectivity index (χ0n) is 31.2. The summed E-state index contributed by atoms with van der Waals surface area (Å²) in [6.07, 6.45) is 18.0. The van der Waals surface area contributed by atoms with Gasteiger partial charge in [-0.2, -0.15) is 0 Å². The molecule has 1 heterocycles. The molecule has 6 aromatic carbocycles. The Labute approximate surface area is 329 Å². The van der Waals surface area contributed by atoms with Crippen LogP contribution < -0.4 is 0 Å². The standard InChI is InChI=1S/C55H41N/c1-5-19-38(20-6-1)41-36-52(39-21-7-2-8-22-39)56-53(37-41)40-33-34-50-51(35-40)55(46-29-15-13-27-44(46)45-28-14-16-30-47(45)55)49-32-18-17-31-48(49)54(50,42-23-9-3-10-24-42)43-25-11-4-12-26-43/h1-25,27-37,43,50-51H,26H2. The monoisotopic (exact) mass is 715 g/mol. The Balaban J connectivity index is 1.23. The van der Waals surface area contributed by atoms with Crippen LogP contribution in [0.2, 0.25) is 0 Å². The highest BCUT2D eigenvalue weighted by molar-refractivity contribution is 5.87. The zero-order chi connectivity index (χ0) is 37.1. The topological polar surface area (TPSA) is 12.9 Å². The van der Waals surface area contributed by atoms with Crippen molar-refractivity contribution in [3.8, 4) is 33.5 Å². The molecule has 4 unspecified atom stereocenters. The van der Waals surface area contributed by atoms with E-state index in [-0.39, 0.29) is 23.2 Å². The molecule has 4 aliphatic carbocycles. The summed E-state index contributed by atoms with van der Waals surface area (Å²) in [6, 6.07) is 65.2. The van der Waals surface area contributed by atoms with Crippen LogP contribution in [0.3, 0.4) is 0 Å². The van der Waals surface area contributed by atoms with Gasteiger partial charge in [-0.15, -0.1) is 0 Å². The van der Waals surface area contributed by atoms with Gasteiger partial charge in [0.25, 0.3) is 0 Å². The molecule has 1 aromatic heterocycles. The number of aromatic nitrogens is 1. The molecular formula is C55H41N. The van der Waals surface area contributed by atoms with Gasteiger partial charge in [-0.25, -0.2) is 4.98 Å². The summed E-state index contributed by atoms with van der Waals surface area (Å²) in [4.78, 5) is 5.48. The van der Waals surface area contributed by atoms with Gasteiger partial charge in [0, 0.05) is 16.9 Å². The fourth-order valence-corrected chi connectivity index (χ4v) is 11.0. The number of hydrogen-bond donors (Lipinski definition) is 0. The lowest BCUT2D eigenvalue weighted by molar-refractivity contribution is 0.178. The third kappa shape index (κ3) is 4.70. The van der Waals surface area contributed by atoms with Gasteiger partial charge in [0.2, 0.25) is 0 Å². The van der Waals surface area contributed by atoms with E-state index < -0.39 is 5.41 Å². The van der Waals surface area contributed by atoms with E-state index in [4.69, 9.17) is 4.98 Å². The summed E-state index contributed by atoms with van der Waals surface area (Å²) >= 11 is 0. The molecule has 1 heteroatoms. The van der Waals surface area contributed by atoms with E-state index in [0.29, 0.717) is 0 Å². The molecule has 0 saturated carbocycles. The highest BCUT2D eigenvalue weighted by Crippen LogP contribution is 2.68. The predicted octanol–water partition coefficient (Wildman–Crippen LogP) is 13.0. The van der Waals surface area contributed by atoms with Crippen molar-refractivity contribution in [1.82, 2.24) is 4.98 Å². The quantitative estimate of drug-likeness (QED) is 0.173. The van der Waals surface area contributed by atoms with Gasteiger partial charge >= 0.3 is 0 Å². The van der Waals surface area contributed by atoms with E-state index in [1.165, 1.54) is 55.6 Å². The maximum atomic E-state index is 5.48. The molecule has 0 radical (unpaired) electrons. The fraction of sp³-hybridized carbons (Fsp3) is 0.109. The maximum Gasteiger partial charge on any atom is 0.0715 e. The average Bonchev–Trinajstić information content (AvgIpc) is 3.58. The summed E-state index contributed by atoms with van der Waals surface area (Å²) in [6.45, 7) is 0. The van der Waals surface area contributed by atoms with Crippen LogP contribution in [0.25, 0.3) is 39.1 Å². The second kappa shape index (κ2) is 13.0. The Kier molecular flexibility index (Phi) is 7.64. The van der Waals surface area contributed by atoms with Crippen LogP contribution in [0.5, 0.6) is 0 Å². The Hall–Kier alpha value is -6.57. The third-order valence-electron chi connectivity index (χ3n) is 13.2. The van der Waals surface area contributed by atoms with E-state index in [1.807, 2.05) is 0 Å². The number of benzene rings is 6. The van der Waals surface area contributed by atoms with Gasteiger partial charge in [-0.05, 0) is 86.0 Å². The molecule has 56 heavy (non-hydrogen) atoms.